The van der Waals surface area contributed by atoms with E-state index in [0.717, 1.165) is 6.29 Å². The fourth-order valence-electron chi connectivity index (χ4n) is 1.01. The van der Waals surface area contributed by atoms with E-state index in [-0.39, 0.29) is 5.75 Å². The highest BCUT2D eigenvalue weighted by Gasteiger charge is 1.98. The summed E-state index contributed by atoms with van der Waals surface area (Å²) in [5.41, 5.74) is 1.03. The minimum absolute atomic E-state index is 0.103. The topological polar surface area (TPSA) is 61.1 Å². The van der Waals surface area contributed by atoms with Gasteiger partial charge in [-0.05, 0) is 18.2 Å². The fraction of sp³-hybridized carbons (Fsp3) is 0.0909. The zero-order valence-corrected chi connectivity index (χ0v) is 7.47. The lowest BCUT2D eigenvalue weighted by Gasteiger charge is -1.98. The predicted octanol–water partition coefficient (Wildman–Crippen LogP) is 1.87. The molecule has 1 rings (SSSR count). The summed E-state index contributed by atoms with van der Waals surface area (Å²) in [5.74, 6) is 0.103. The number of aldehydes is 1. The summed E-state index contributed by atoms with van der Waals surface area (Å²) in [7, 11) is 0. The molecule has 0 aromatic heterocycles. The Hall–Kier alpha value is -2.08. The third kappa shape index (κ3) is 2.46. The van der Waals surface area contributed by atoms with Crippen molar-refractivity contribution in [2.24, 2.45) is 0 Å². The summed E-state index contributed by atoms with van der Waals surface area (Å²) in [6, 6.07) is 6.53. The number of allylic oxidation sites excluding steroid dienone is 1. The van der Waals surface area contributed by atoms with E-state index in [1.54, 1.807) is 18.2 Å². The van der Waals surface area contributed by atoms with Gasteiger partial charge in [-0.2, -0.15) is 5.26 Å². The Kier molecular flexibility index (Phi) is 3.45. The van der Waals surface area contributed by atoms with E-state index in [2.05, 4.69) is 0 Å². The standard InChI is InChI=1S/C11H9NO2/c12-8-9-4-5-11(14)10(7-9)3-1-2-6-13/h1,3-7,14H,2H2. The van der Waals surface area contributed by atoms with Gasteiger partial charge in [0.1, 0.15) is 12.0 Å². The minimum Gasteiger partial charge on any atom is -0.507 e. The molecule has 1 aromatic rings. The number of nitrogens with zero attached hydrogens (tertiary/aromatic N) is 1. The zero-order chi connectivity index (χ0) is 10.4. The van der Waals surface area contributed by atoms with Gasteiger partial charge in [-0.25, -0.2) is 0 Å². The smallest absolute Gasteiger partial charge is 0.123 e. The van der Waals surface area contributed by atoms with Crippen LogP contribution in [-0.2, 0) is 4.79 Å². The van der Waals surface area contributed by atoms with Gasteiger partial charge in [0, 0.05) is 12.0 Å². The maximum absolute atomic E-state index is 10.0. The van der Waals surface area contributed by atoms with Gasteiger partial charge >= 0.3 is 0 Å². The van der Waals surface area contributed by atoms with Crippen molar-refractivity contribution in [3.05, 3.63) is 35.4 Å². The molecule has 0 amide bonds. The van der Waals surface area contributed by atoms with E-state index < -0.39 is 0 Å². The molecule has 70 valence electrons. The maximum atomic E-state index is 10.0. The molecule has 0 saturated heterocycles. The number of benzene rings is 1. The molecule has 0 aliphatic carbocycles. The number of rotatable bonds is 3. The van der Waals surface area contributed by atoms with Crippen LogP contribution in [0.2, 0.25) is 0 Å². The van der Waals surface area contributed by atoms with Gasteiger partial charge in [0.15, 0.2) is 0 Å². The fourth-order valence-corrected chi connectivity index (χ4v) is 1.01. The highest BCUT2D eigenvalue weighted by molar-refractivity contribution is 5.62. The molecule has 1 N–H and O–H groups in total. The second kappa shape index (κ2) is 4.83. The van der Waals surface area contributed by atoms with Crippen LogP contribution < -0.4 is 0 Å². The number of nitriles is 1. The number of carbonyl (C=O) groups excluding carboxylic acids is 1. The van der Waals surface area contributed by atoms with E-state index >= 15 is 0 Å². The van der Waals surface area contributed by atoms with Crippen molar-refractivity contribution in [2.45, 2.75) is 6.42 Å². The van der Waals surface area contributed by atoms with Gasteiger partial charge in [0.2, 0.25) is 0 Å². The molecule has 1 aromatic carbocycles. The summed E-state index contributed by atoms with van der Waals surface area (Å²) in [6.45, 7) is 0. The molecule has 3 heteroatoms. The average Bonchev–Trinajstić information content (AvgIpc) is 2.21. The van der Waals surface area contributed by atoms with E-state index in [1.165, 1.54) is 12.1 Å². The second-order valence-electron chi connectivity index (χ2n) is 2.69. The van der Waals surface area contributed by atoms with Crippen molar-refractivity contribution >= 4 is 12.4 Å². The Labute approximate surface area is 81.9 Å². The van der Waals surface area contributed by atoms with Crippen LogP contribution in [0.25, 0.3) is 6.08 Å². The molecule has 0 aliphatic rings. The summed E-state index contributed by atoms with van der Waals surface area (Å²) in [6.07, 6.45) is 4.31. The predicted molar refractivity (Wildman–Crippen MR) is 52.5 cm³/mol. The van der Waals surface area contributed by atoms with Gasteiger partial charge < -0.3 is 9.90 Å². The van der Waals surface area contributed by atoms with Gasteiger partial charge in [-0.15, -0.1) is 0 Å². The normalized spacial score (nSPS) is 9.93. The summed E-state index contributed by atoms with van der Waals surface area (Å²) >= 11 is 0. The van der Waals surface area contributed by atoms with E-state index in [4.69, 9.17) is 5.26 Å². The van der Waals surface area contributed by atoms with Gasteiger partial charge in [0.05, 0.1) is 11.6 Å². The largest absolute Gasteiger partial charge is 0.507 e. The first-order valence-corrected chi connectivity index (χ1v) is 4.11. The lowest BCUT2D eigenvalue weighted by Crippen LogP contribution is -1.79. The summed E-state index contributed by atoms with van der Waals surface area (Å²) in [4.78, 5) is 10.0. The van der Waals surface area contributed by atoms with Crippen molar-refractivity contribution < 1.29 is 9.90 Å². The highest BCUT2D eigenvalue weighted by Crippen LogP contribution is 2.19. The van der Waals surface area contributed by atoms with Crippen molar-refractivity contribution in [1.82, 2.24) is 0 Å². The molecular weight excluding hydrogens is 178 g/mol. The van der Waals surface area contributed by atoms with E-state index in [0.29, 0.717) is 17.5 Å². The Morgan fingerprint density at radius 1 is 1.50 bits per heavy atom. The van der Waals surface area contributed by atoms with Crippen molar-refractivity contribution in [1.29, 1.82) is 5.26 Å². The number of hydrogen-bond acceptors (Lipinski definition) is 3. The van der Waals surface area contributed by atoms with Crippen molar-refractivity contribution in [2.75, 3.05) is 0 Å². The first-order valence-electron chi connectivity index (χ1n) is 4.11. The summed E-state index contributed by atoms with van der Waals surface area (Å²) in [5, 5.41) is 18.0. The maximum Gasteiger partial charge on any atom is 0.123 e. The third-order valence-corrected chi connectivity index (χ3v) is 1.69. The number of phenolic OH excluding ortho intramolecular Hbond substituents is 1. The van der Waals surface area contributed by atoms with E-state index in [9.17, 15) is 9.90 Å². The van der Waals surface area contributed by atoms with Crippen LogP contribution in [0.5, 0.6) is 5.75 Å². The first-order chi connectivity index (χ1) is 6.77. The quantitative estimate of drug-likeness (QED) is 0.735. The molecule has 0 bridgehead atoms. The number of hydrogen-bond donors (Lipinski definition) is 1. The molecule has 3 nitrogen and oxygen atoms in total. The lowest BCUT2D eigenvalue weighted by atomic mass is 10.1. The third-order valence-electron chi connectivity index (χ3n) is 1.69. The van der Waals surface area contributed by atoms with Crippen LogP contribution >= 0.6 is 0 Å². The Bertz CT molecular complexity index is 402. The summed E-state index contributed by atoms with van der Waals surface area (Å²) < 4.78 is 0. The van der Waals surface area contributed by atoms with Crippen LogP contribution in [0, 0.1) is 11.3 Å². The molecule has 0 spiro atoms. The van der Waals surface area contributed by atoms with Crippen LogP contribution in [0.3, 0.4) is 0 Å². The number of carbonyl (C=O) groups is 1. The zero-order valence-electron chi connectivity index (χ0n) is 7.47. The van der Waals surface area contributed by atoms with Gasteiger partial charge in [-0.1, -0.05) is 12.2 Å². The molecule has 0 unspecified atom stereocenters. The van der Waals surface area contributed by atoms with Gasteiger partial charge in [0.25, 0.3) is 0 Å². The molecule has 0 aliphatic heterocycles. The Balaban J connectivity index is 2.96. The average molecular weight is 187 g/mol. The van der Waals surface area contributed by atoms with Crippen LogP contribution in [-0.4, -0.2) is 11.4 Å². The number of aromatic hydroxyl groups is 1. The SMILES string of the molecule is N#Cc1ccc(O)c(C=CCC=O)c1. The Morgan fingerprint density at radius 2 is 2.29 bits per heavy atom. The van der Waals surface area contributed by atoms with Crippen LogP contribution in [0.4, 0.5) is 0 Å². The molecule has 0 saturated carbocycles. The molecule has 0 heterocycles. The minimum atomic E-state index is 0.103. The second-order valence-corrected chi connectivity index (χ2v) is 2.69. The Morgan fingerprint density at radius 3 is 2.93 bits per heavy atom. The molecule has 0 radical (unpaired) electrons. The lowest BCUT2D eigenvalue weighted by molar-refractivity contribution is -0.107. The highest BCUT2D eigenvalue weighted by atomic mass is 16.3. The number of phenols is 1. The van der Waals surface area contributed by atoms with E-state index in [1.807, 2.05) is 6.07 Å². The van der Waals surface area contributed by atoms with Crippen LogP contribution in [0.15, 0.2) is 24.3 Å². The van der Waals surface area contributed by atoms with Crippen molar-refractivity contribution in [3.63, 3.8) is 0 Å². The first kappa shape index (κ1) is 10.0. The monoisotopic (exact) mass is 187 g/mol. The molecule has 14 heavy (non-hydrogen) atoms. The van der Waals surface area contributed by atoms with Crippen LogP contribution in [0.1, 0.15) is 17.5 Å². The van der Waals surface area contributed by atoms with Gasteiger partial charge in [-0.3, -0.25) is 0 Å². The molecule has 0 fully saturated rings. The molecular formula is C11H9NO2. The van der Waals surface area contributed by atoms with Crippen molar-refractivity contribution in [3.8, 4) is 11.8 Å². The molecule has 0 atom stereocenters.